The van der Waals surface area contributed by atoms with E-state index in [0.717, 1.165) is 11.1 Å². The van der Waals surface area contributed by atoms with Crippen LogP contribution in [0.25, 0.3) is 0 Å². The molecule has 0 unspecified atom stereocenters. The van der Waals surface area contributed by atoms with Gasteiger partial charge in [-0.2, -0.15) is 0 Å². The maximum atomic E-state index is 12.1. The highest BCUT2D eigenvalue weighted by Crippen LogP contribution is 2.06. The van der Waals surface area contributed by atoms with E-state index in [1.54, 1.807) is 0 Å². The van der Waals surface area contributed by atoms with Crippen LogP contribution in [0.4, 0.5) is 0 Å². The van der Waals surface area contributed by atoms with Gasteiger partial charge in [-0.1, -0.05) is 29.8 Å². The SMILES string of the molecule is Cc1cccc(CC(=O)n2[nH]c(=O)cc2CN)c1. The van der Waals surface area contributed by atoms with Gasteiger partial charge in [0.15, 0.2) is 0 Å². The van der Waals surface area contributed by atoms with Gasteiger partial charge in [-0.3, -0.25) is 14.7 Å². The summed E-state index contributed by atoms with van der Waals surface area (Å²) in [6.45, 7) is 2.12. The van der Waals surface area contributed by atoms with Crippen LogP contribution in [0.15, 0.2) is 35.1 Å². The standard InChI is InChI=1S/C13H15N3O2/c1-9-3-2-4-10(5-9)6-13(18)16-11(8-14)7-12(17)15-16/h2-5,7H,6,8,14H2,1H3,(H,15,17). The van der Waals surface area contributed by atoms with E-state index in [2.05, 4.69) is 5.10 Å². The van der Waals surface area contributed by atoms with Crippen LogP contribution < -0.4 is 11.3 Å². The summed E-state index contributed by atoms with van der Waals surface area (Å²) < 4.78 is 1.23. The molecule has 1 heterocycles. The van der Waals surface area contributed by atoms with Crippen molar-refractivity contribution in [2.45, 2.75) is 19.9 Å². The minimum absolute atomic E-state index is 0.151. The molecule has 18 heavy (non-hydrogen) atoms. The third-order valence-corrected chi connectivity index (χ3v) is 2.70. The third-order valence-electron chi connectivity index (χ3n) is 2.70. The van der Waals surface area contributed by atoms with Crippen molar-refractivity contribution >= 4 is 5.91 Å². The number of carbonyl (C=O) groups is 1. The Bertz CT molecular complexity index is 625. The predicted octanol–water partition coefficient (Wildman–Crippen LogP) is 0.826. The minimum atomic E-state index is -0.312. The summed E-state index contributed by atoms with van der Waals surface area (Å²) in [4.78, 5) is 23.3. The number of rotatable bonds is 3. The fourth-order valence-electron chi connectivity index (χ4n) is 1.88. The summed E-state index contributed by atoms with van der Waals surface area (Å²) in [5.74, 6) is -0.192. The molecule has 5 nitrogen and oxygen atoms in total. The van der Waals surface area contributed by atoms with Crippen LogP contribution >= 0.6 is 0 Å². The van der Waals surface area contributed by atoms with Crippen molar-refractivity contribution in [3.63, 3.8) is 0 Å². The van der Waals surface area contributed by atoms with Gasteiger partial charge in [0, 0.05) is 12.6 Å². The van der Waals surface area contributed by atoms with Crippen LogP contribution in [0.3, 0.4) is 0 Å². The Morgan fingerprint density at radius 1 is 1.39 bits per heavy atom. The average Bonchev–Trinajstić information content (AvgIpc) is 2.70. The lowest BCUT2D eigenvalue weighted by atomic mass is 10.1. The molecule has 0 atom stereocenters. The van der Waals surface area contributed by atoms with E-state index in [0.29, 0.717) is 5.69 Å². The van der Waals surface area contributed by atoms with E-state index < -0.39 is 0 Å². The second-order valence-corrected chi connectivity index (χ2v) is 4.21. The Morgan fingerprint density at radius 3 is 2.83 bits per heavy atom. The highest BCUT2D eigenvalue weighted by molar-refractivity contribution is 5.81. The van der Waals surface area contributed by atoms with E-state index in [1.807, 2.05) is 31.2 Å². The number of carbonyl (C=O) groups excluding carboxylic acids is 1. The lowest BCUT2D eigenvalue weighted by Gasteiger charge is -2.06. The minimum Gasteiger partial charge on any atom is -0.325 e. The molecule has 0 saturated heterocycles. The molecular weight excluding hydrogens is 230 g/mol. The zero-order valence-corrected chi connectivity index (χ0v) is 10.1. The van der Waals surface area contributed by atoms with Crippen LogP contribution in [0.5, 0.6) is 0 Å². The number of aromatic amines is 1. The fraction of sp³-hybridized carbons (Fsp3) is 0.231. The Kier molecular flexibility index (Phi) is 3.43. The summed E-state index contributed by atoms with van der Waals surface area (Å²) in [6, 6.07) is 9.04. The zero-order valence-electron chi connectivity index (χ0n) is 10.1. The summed E-state index contributed by atoms with van der Waals surface area (Å²) >= 11 is 0. The molecule has 0 aliphatic rings. The van der Waals surface area contributed by atoms with Crippen molar-refractivity contribution in [3.05, 3.63) is 57.5 Å². The molecule has 0 saturated carbocycles. The first-order valence-electron chi connectivity index (χ1n) is 5.70. The first kappa shape index (κ1) is 12.3. The zero-order chi connectivity index (χ0) is 13.1. The number of H-pyrrole nitrogens is 1. The number of hydrogen-bond acceptors (Lipinski definition) is 3. The highest BCUT2D eigenvalue weighted by atomic mass is 16.2. The van der Waals surface area contributed by atoms with E-state index >= 15 is 0 Å². The third kappa shape index (κ3) is 2.57. The quantitative estimate of drug-likeness (QED) is 0.840. The van der Waals surface area contributed by atoms with E-state index in [4.69, 9.17) is 5.73 Å². The van der Waals surface area contributed by atoms with Crippen molar-refractivity contribution in [2.24, 2.45) is 5.73 Å². The summed E-state index contributed by atoms with van der Waals surface area (Å²) in [6.07, 6.45) is 0.235. The molecule has 0 amide bonds. The molecule has 0 fully saturated rings. The van der Waals surface area contributed by atoms with Gasteiger partial charge in [0.05, 0.1) is 12.1 Å². The fourth-order valence-corrected chi connectivity index (χ4v) is 1.88. The van der Waals surface area contributed by atoms with Crippen LogP contribution in [0.2, 0.25) is 0 Å². The Hall–Kier alpha value is -2.14. The highest BCUT2D eigenvalue weighted by Gasteiger charge is 2.11. The molecule has 94 valence electrons. The average molecular weight is 245 g/mol. The van der Waals surface area contributed by atoms with Crippen molar-refractivity contribution in [1.29, 1.82) is 0 Å². The van der Waals surface area contributed by atoms with Crippen molar-refractivity contribution in [2.75, 3.05) is 0 Å². The molecule has 0 spiro atoms. The molecule has 0 bridgehead atoms. The number of aryl methyl sites for hydroxylation is 1. The lowest BCUT2D eigenvalue weighted by Crippen LogP contribution is -2.20. The molecule has 5 heteroatoms. The number of benzene rings is 1. The lowest BCUT2D eigenvalue weighted by molar-refractivity contribution is 0.0894. The molecule has 2 aromatic rings. The van der Waals surface area contributed by atoms with Gasteiger partial charge in [0.25, 0.3) is 5.56 Å². The first-order valence-corrected chi connectivity index (χ1v) is 5.70. The van der Waals surface area contributed by atoms with E-state index in [1.165, 1.54) is 10.7 Å². The Morgan fingerprint density at radius 2 is 2.17 bits per heavy atom. The van der Waals surface area contributed by atoms with Crippen molar-refractivity contribution in [1.82, 2.24) is 9.78 Å². The molecule has 0 radical (unpaired) electrons. The Balaban J connectivity index is 2.24. The second-order valence-electron chi connectivity index (χ2n) is 4.21. The molecule has 1 aromatic heterocycles. The van der Waals surface area contributed by atoms with Crippen LogP contribution in [-0.2, 0) is 13.0 Å². The number of nitrogens with one attached hydrogen (secondary N) is 1. The van der Waals surface area contributed by atoms with Crippen LogP contribution in [-0.4, -0.2) is 15.7 Å². The molecule has 1 aromatic carbocycles. The maximum absolute atomic E-state index is 12.1. The van der Waals surface area contributed by atoms with Gasteiger partial charge in [0.1, 0.15) is 0 Å². The molecule has 0 aliphatic heterocycles. The van der Waals surface area contributed by atoms with Gasteiger partial charge in [-0.25, -0.2) is 4.68 Å². The largest absolute Gasteiger partial charge is 0.325 e. The van der Waals surface area contributed by atoms with Gasteiger partial charge in [0.2, 0.25) is 5.91 Å². The van der Waals surface area contributed by atoms with Crippen LogP contribution in [0, 0.1) is 6.92 Å². The van der Waals surface area contributed by atoms with Crippen LogP contribution in [0.1, 0.15) is 21.6 Å². The van der Waals surface area contributed by atoms with Gasteiger partial charge in [-0.15, -0.1) is 0 Å². The molecule has 3 N–H and O–H groups in total. The molecule has 0 aliphatic carbocycles. The van der Waals surface area contributed by atoms with Crippen molar-refractivity contribution in [3.8, 4) is 0 Å². The first-order chi connectivity index (χ1) is 8.60. The number of hydrogen-bond donors (Lipinski definition) is 2. The van der Waals surface area contributed by atoms with E-state index in [-0.39, 0.29) is 24.4 Å². The molecule has 2 rings (SSSR count). The Labute approximate surface area is 104 Å². The van der Waals surface area contributed by atoms with Gasteiger partial charge in [-0.05, 0) is 12.5 Å². The summed E-state index contributed by atoms with van der Waals surface area (Å²) in [7, 11) is 0. The van der Waals surface area contributed by atoms with Gasteiger partial charge >= 0.3 is 0 Å². The number of nitrogens with zero attached hydrogens (tertiary/aromatic N) is 1. The van der Waals surface area contributed by atoms with E-state index in [9.17, 15) is 9.59 Å². The normalized spacial score (nSPS) is 10.6. The topological polar surface area (TPSA) is 80.9 Å². The maximum Gasteiger partial charge on any atom is 0.264 e. The van der Waals surface area contributed by atoms with Crippen molar-refractivity contribution < 1.29 is 4.79 Å². The predicted molar refractivity (Wildman–Crippen MR) is 68.5 cm³/mol. The number of aromatic nitrogens is 2. The summed E-state index contributed by atoms with van der Waals surface area (Å²) in [5, 5.41) is 2.46. The smallest absolute Gasteiger partial charge is 0.264 e. The molecular formula is C13H15N3O2. The second kappa shape index (κ2) is 5.01. The monoisotopic (exact) mass is 245 g/mol. The van der Waals surface area contributed by atoms with Gasteiger partial charge < -0.3 is 5.73 Å². The summed E-state index contributed by atoms with van der Waals surface area (Å²) in [5.41, 5.74) is 7.69. The number of nitrogens with two attached hydrogens (primary N) is 1.